The van der Waals surface area contributed by atoms with Gasteiger partial charge in [0.15, 0.2) is 0 Å². The summed E-state index contributed by atoms with van der Waals surface area (Å²) in [6, 6.07) is 0. The van der Waals surface area contributed by atoms with E-state index in [1.54, 1.807) is 0 Å². The summed E-state index contributed by atoms with van der Waals surface area (Å²) in [5.74, 6) is 5.66. The number of allylic oxidation sites excluding steroid dienone is 3. The van der Waals surface area contributed by atoms with E-state index in [9.17, 15) is 10.2 Å². The quantitative estimate of drug-likeness (QED) is 0.469. The Morgan fingerprint density at radius 1 is 1.29 bits per heavy atom. The van der Waals surface area contributed by atoms with Crippen LogP contribution in [0.15, 0.2) is 35.5 Å². The van der Waals surface area contributed by atoms with E-state index in [1.165, 1.54) is 18.8 Å². The number of hydrogen-bond acceptors (Lipinski definition) is 4. The van der Waals surface area contributed by atoms with E-state index in [0.717, 1.165) is 18.4 Å². The summed E-state index contributed by atoms with van der Waals surface area (Å²) in [6.07, 6.45) is 3.40. The smallest absolute Gasteiger partial charge is 0.110 e. The molecule has 0 aromatic rings. The second-order valence-corrected chi connectivity index (χ2v) is 4.97. The van der Waals surface area contributed by atoms with Gasteiger partial charge in [-0.1, -0.05) is 30.1 Å². The first kappa shape index (κ1) is 19.6. The molecular weight excluding hydrogens is 268 g/mol. The second kappa shape index (κ2) is 11.3. The van der Waals surface area contributed by atoms with E-state index in [1.807, 2.05) is 13.8 Å². The number of aliphatic hydroxyl groups is 3. The van der Waals surface area contributed by atoms with Gasteiger partial charge in [0.25, 0.3) is 0 Å². The molecule has 3 N–H and O–H groups in total. The number of methoxy groups -OCH3 is 1. The van der Waals surface area contributed by atoms with Gasteiger partial charge in [-0.05, 0) is 38.3 Å². The fraction of sp³-hybridized carbons (Fsp3) is 0.529. The zero-order chi connectivity index (χ0) is 16.3. The van der Waals surface area contributed by atoms with Gasteiger partial charge in [-0.15, -0.1) is 0 Å². The predicted octanol–water partition coefficient (Wildman–Crippen LogP) is 1.58. The van der Waals surface area contributed by atoms with Crippen LogP contribution in [0.4, 0.5) is 0 Å². The first-order valence-corrected chi connectivity index (χ1v) is 6.91. The Morgan fingerprint density at radius 3 is 2.43 bits per heavy atom. The lowest BCUT2D eigenvalue weighted by molar-refractivity contribution is -0.0213. The first-order chi connectivity index (χ1) is 9.94. The molecule has 0 fully saturated rings. The van der Waals surface area contributed by atoms with Crippen LogP contribution in [0.2, 0.25) is 0 Å². The van der Waals surface area contributed by atoms with Gasteiger partial charge < -0.3 is 20.1 Å². The zero-order valence-electron chi connectivity index (χ0n) is 13.1. The summed E-state index contributed by atoms with van der Waals surface area (Å²) in [5.41, 5.74) is 2.40. The summed E-state index contributed by atoms with van der Waals surface area (Å²) in [6.45, 7) is 7.35. The average molecular weight is 294 g/mol. The minimum absolute atomic E-state index is 0.285. The molecule has 0 radical (unpaired) electrons. The largest absolute Gasteiger partial charge is 0.394 e. The highest BCUT2D eigenvalue weighted by atomic mass is 16.5. The Kier molecular flexibility index (Phi) is 10.6. The molecule has 118 valence electrons. The van der Waals surface area contributed by atoms with E-state index in [4.69, 9.17) is 9.84 Å². The van der Waals surface area contributed by atoms with E-state index in [0.29, 0.717) is 5.57 Å². The molecule has 21 heavy (non-hydrogen) atoms. The third kappa shape index (κ3) is 9.22. The van der Waals surface area contributed by atoms with E-state index in [2.05, 4.69) is 24.5 Å². The predicted molar refractivity (Wildman–Crippen MR) is 84.6 cm³/mol. The number of ether oxygens (including phenoxy) is 1. The molecule has 2 atom stereocenters. The molecule has 0 aromatic heterocycles. The van der Waals surface area contributed by atoms with E-state index >= 15 is 0 Å². The topological polar surface area (TPSA) is 69.9 Å². The van der Waals surface area contributed by atoms with E-state index in [-0.39, 0.29) is 13.2 Å². The van der Waals surface area contributed by atoms with Crippen LogP contribution in [-0.2, 0) is 4.74 Å². The molecule has 0 amide bonds. The maximum absolute atomic E-state index is 9.81. The summed E-state index contributed by atoms with van der Waals surface area (Å²) in [4.78, 5) is 0. The molecule has 0 aromatic carbocycles. The normalized spacial score (nSPS) is 13.9. The monoisotopic (exact) mass is 294 g/mol. The lowest BCUT2D eigenvalue weighted by Crippen LogP contribution is -2.30. The lowest BCUT2D eigenvalue weighted by atomic mass is 10.1. The van der Waals surface area contributed by atoms with Gasteiger partial charge in [-0.25, -0.2) is 0 Å². The summed E-state index contributed by atoms with van der Waals surface area (Å²) < 4.78 is 4.91. The Bertz CT molecular complexity index is 429. The minimum Gasteiger partial charge on any atom is -0.394 e. The molecule has 4 heteroatoms. The third-order valence-electron chi connectivity index (χ3n) is 2.80. The van der Waals surface area contributed by atoms with Gasteiger partial charge in [0, 0.05) is 12.7 Å². The molecule has 0 rings (SSSR count). The fourth-order valence-electron chi connectivity index (χ4n) is 1.54. The summed E-state index contributed by atoms with van der Waals surface area (Å²) in [7, 11) is 1.40. The number of aliphatic hydroxyl groups excluding tert-OH is 3. The molecule has 4 nitrogen and oxygen atoms in total. The van der Waals surface area contributed by atoms with Crippen molar-refractivity contribution in [3.05, 3.63) is 35.5 Å². The Hall–Kier alpha value is -1.38. The fourth-order valence-corrected chi connectivity index (χ4v) is 1.54. The summed E-state index contributed by atoms with van der Waals surface area (Å²) >= 11 is 0. The van der Waals surface area contributed by atoms with Crippen molar-refractivity contribution in [1.82, 2.24) is 0 Å². The van der Waals surface area contributed by atoms with Crippen LogP contribution < -0.4 is 0 Å². The molecule has 0 aliphatic rings. The van der Waals surface area contributed by atoms with Gasteiger partial charge in [0.2, 0.25) is 0 Å². The van der Waals surface area contributed by atoms with Crippen LogP contribution in [0.1, 0.15) is 26.7 Å². The van der Waals surface area contributed by atoms with Crippen molar-refractivity contribution in [2.45, 2.75) is 38.9 Å². The van der Waals surface area contributed by atoms with Crippen LogP contribution in [0.25, 0.3) is 0 Å². The zero-order valence-corrected chi connectivity index (χ0v) is 13.1. The third-order valence-corrected chi connectivity index (χ3v) is 2.80. The van der Waals surface area contributed by atoms with E-state index < -0.39 is 12.2 Å². The van der Waals surface area contributed by atoms with Gasteiger partial charge in [-0.2, -0.15) is 0 Å². The van der Waals surface area contributed by atoms with Gasteiger partial charge in [0.1, 0.15) is 12.2 Å². The van der Waals surface area contributed by atoms with Crippen LogP contribution >= 0.6 is 0 Å². The molecule has 0 saturated heterocycles. The highest BCUT2D eigenvalue weighted by Crippen LogP contribution is 2.06. The van der Waals surface area contributed by atoms with Crippen molar-refractivity contribution in [3.8, 4) is 11.8 Å². The highest BCUT2D eigenvalue weighted by molar-refractivity contribution is 5.37. The second-order valence-electron chi connectivity index (χ2n) is 4.97. The van der Waals surface area contributed by atoms with Crippen LogP contribution in [0.3, 0.4) is 0 Å². The van der Waals surface area contributed by atoms with Crippen molar-refractivity contribution in [3.63, 3.8) is 0 Å². The number of hydrogen-bond donors (Lipinski definition) is 3. The SMILES string of the molecule is C=C(C#C/C(=C/C(O)C(CO)OC)CO)CCC=C(C)C. The molecule has 2 unspecified atom stereocenters. The van der Waals surface area contributed by atoms with Gasteiger partial charge in [-0.3, -0.25) is 0 Å². The molecule has 0 saturated carbocycles. The Balaban J connectivity index is 4.66. The standard InChI is InChI=1S/C17H26O4/c1-13(2)6-5-7-14(3)8-9-15(11-18)10-16(20)17(12-19)21-4/h6,10,16-20H,3,5,7,11-12H2,1-2,4H3/b15-10-. The minimum atomic E-state index is -1.02. The van der Waals surface area contributed by atoms with Gasteiger partial charge in [0.05, 0.1) is 13.2 Å². The molecular formula is C17H26O4. The van der Waals surface area contributed by atoms with Crippen LogP contribution in [0.5, 0.6) is 0 Å². The molecule has 0 aliphatic heterocycles. The highest BCUT2D eigenvalue weighted by Gasteiger charge is 2.15. The maximum atomic E-state index is 9.81. The first-order valence-electron chi connectivity index (χ1n) is 6.91. The molecule has 0 spiro atoms. The molecule has 0 aliphatic carbocycles. The number of rotatable bonds is 8. The summed E-state index contributed by atoms with van der Waals surface area (Å²) in [5, 5.41) is 28.1. The molecule has 0 bridgehead atoms. The van der Waals surface area contributed by atoms with Crippen molar-refractivity contribution >= 4 is 0 Å². The van der Waals surface area contributed by atoms with Gasteiger partial charge >= 0.3 is 0 Å². The average Bonchev–Trinajstić information content (AvgIpc) is 2.44. The maximum Gasteiger partial charge on any atom is 0.110 e. The molecule has 0 heterocycles. The Morgan fingerprint density at radius 2 is 1.95 bits per heavy atom. The van der Waals surface area contributed by atoms with Crippen LogP contribution in [0, 0.1) is 11.8 Å². The van der Waals surface area contributed by atoms with Crippen molar-refractivity contribution in [2.24, 2.45) is 0 Å². The van der Waals surface area contributed by atoms with Crippen LogP contribution in [-0.4, -0.2) is 47.9 Å². The lowest BCUT2D eigenvalue weighted by Gasteiger charge is -2.16. The van der Waals surface area contributed by atoms with Crippen molar-refractivity contribution in [2.75, 3.05) is 20.3 Å². The van der Waals surface area contributed by atoms with Crippen molar-refractivity contribution in [1.29, 1.82) is 0 Å². The van der Waals surface area contributed by atoms with Crippen molar-refractivity contribution < 1.29 is 20.1 Å². The Labute approximate surface area is 127 Å².